The van der Waals surface area contributed by atoms with Crippen LogP contribution in [-0.4, -0.2) is 60.8 Å². The molecule has 21 heavy (non-hydrogen) atoms. The standard InChI is InChI=1S/C17H28N2O2/c1-4-11-21-16-7-5-15(6-8-16)17(20)13-19-10-9-18(3)14(2)12-19/h5-8,14,17,20H,4,9-13H2,1-3H3. The van der Waals surface area contributed by atoms with E-state index in [-0.39, 0.29) is 0 Å². The van der Waals surface area contributed by atoms with Gasteiger partial charge in [-0.25, -0.2) is 0 Å². The summed E-state index contributed by atoms with van der Waals surface area (Å²) in [5, 5.41) is 10.4. The molecule has 1 aliphatic rings. The second kappa shape index (κ2) is 7.78. The van der Waals surface area contributed by atoms with Crippen molar-refractivity contribution in [2.45, 2.75) is 32.4 Å². The number of β-amino-alcohol motifs (C(OH)–C–C–N with tert-alkyl or cyclic N) is 1. The summed E-state index contributed by atoms with van der Waals surface area (Å²) in [6.07, 6.45) is 0.576. The maximum absolute atomic E-state index is 10.4. The van der Waals surface area contributed by atoms with E-state index in [4.69, 9.17) is 4.74 Å². The largest absolute Gasteiger partial charge is 0.494 e. The van der Waals surface area contributed by atoms with Crippen LogP contribution in [0.15, 0.2) is 24.3 Å². The number of hydrogen-bond donors (Lipinski definition) is 1. The molecule has 1 aromatic rings. The van der Waals surface area contributed by atoms with E-state index in [2.05, 4.69) is 30.7 Å². The molecule has 0 aliphatic carbocycles. The van der Waals surface area contributed by atoms with Gasteiger partial charge >= 0.3 is 0 Å². The van der Waals surface area contributed by atoms with Gasteiger partial charge < -0.3 is 14.7 Å². The Morgan fingerprint density at radius 2 is 2.00 bits per heavy atom. The Morgan fingerprint density at radius 1 is 1.29 bits per heavy atom. The van der Waals surface area contributed by atoms with E-state index in [9.17, 15) is 5.11 Å². The Balaban J connectivity index is 1.86. The first kappa shape index (κ1) is 16.3. The summed E-state index contributed by atoms with van der Waals surface area (Å²) in [7, 11) is 2.16. The Labute approximate surface area is 128 Å². The SMILES string of the molecule is CCCOc1ccc(C(O)CN2CCN(C)C(C)C2)cc1. The first-order valence-electron chi connectivity index (χ1n) is 7.93. The molecular weight excluding hydrogens is 264 g/mol. The molecule has 1 fully saturated rings. The van der Waals surface area contributed by atoms with Crippen LogP contribution in [0.1, 0.15) is 31.9 Å². The summed E-state index contributed by atoms with van der Waals surface area (Å²) in [6, 6.07) is 8.38. The topological polar surface area (TPSA) is 35.9 Å². The molecule has 1 aromatic carbocycles. The molecule has 2 unspecified atom stereocenters. The van der Waals surface area contributed by atoms with Gasteiger partial charge in [-0.1, -0.05) is 19.1 Å². The van der Waals surface area contributed by atoms with Crippen molar-refractivity contribution in [2.75, 3.05) is 39.8 Å². The van der Waals surface area contributed by atoms with Crippen molar-refractivity contribution < 1.29 is 9.84 Å². The van der Waals surface area contributed by atoms with Crippen LogP contribution in [-0.2, 0) is 0 Å². The summed E-state index contributed by atoms with van der Waals surface area (Å²) in [4.78, 5) is 4.71. The van der Waals surface area contributed by atoms with Gasteiger partial charge in [-0.05, 0) is 38.1 Å². The Morgan fingerprint density at radius 3 is 2.62 bits per heavy atom. The minimum Gasteiger partial charge on any atom is -0.494 e. The van der Waals surface area contributed by atoms with Crippen molar-refractivity contribution in [1.82, 2.24) is 9.80 Å². The summed E-state index contributed by atoms with van der Waals surface area (Å²) < 4.78 is 5.57. The van der Waals surface area contributed by atoms with Crippen molar-refractivity contribution in [2.24, 2.45) is 0 Å². The highest BCUT2D eigenvalue weighted by Gasteiger charge is 2.22. The van der Waals surface area contributed by atoms with E-state index in [1.165, 1.54) is 0 Å². The minimum atomic E-state index is -0.430. The zero-order chi connectivity index (χ0) is 15.2. The van der Waals surface area contributed by atoms with Gasteiger partial charge in [0.25, 0.3) is 0 Å². The quantitative estimate of drug-likeness (QED) is 0.871. The maximum Gasteiger partial charge on any atom is 0.119 e. The van der Waals surface area contributed by atoms with Crippen molar-refractivity contribution in [1.29, 1.82) is 0 Å². The predicted molar refractivity (Wildman–Crippen MR) is 85.7 cm³/mol. The molecule has 1 saturated heterocycles. The van der Waals surface area contributed by atoms with Crippen LogP contribution in [0, 0.1) is 0 Å². The number of ether oxygens (including phenoxy) is 1. The minimum absolute atomic E-state index is 0.430. The molecule has 0 bridgehead atoms. The molecule has 0 radical (unpaired) electrons. The van der Waals surface area contributed by atoms with Gasteiger partial charge in [0.05, 0.1) is 12.7 Å². The van der Waals surface area contributed by atoms with Crippen LogP contribution in [0.2, 0.25) is 0 Å². The lowest BCUT2D eigenvalue weighted by atomic mass is 10.1. The third kappa shape index (κ3) is 4.70. The van der Waals surface area contributed by atoms with E-state index in [0.717, 1.165) is 44.0 Å². The first-order valence-corrected chi connectivity index (χ1v) is 7.93. The van der Waals surface area contributed by atoms with E-state index in [0.29, 0.717) is 12.6 Å². The molecule has 0 aromatic heterocycles. The van der Waals surface area contributed by atoms with Crippen molar-refractivity contribution >= 4 is 0 Å². The molecule has 118 valence electrons. The van der Waals surface area contributed by atoms with Gasteiger partial charge in [-0.3, -0.25) is 4.90 Å². The lowest BCUT2D eigenvalue weighted by Gasteiger charge is -2.38. The van der Waals surface area contributed by atoms with Crippen molar-refractivity contribution in [3.8, 4) is 5.75 Å². The molecule has 2 atom stereocenters. The lowest BCUT2D eigenvalue weighted by Crippen LogP contribution is -2.50. The fourth-order valence-electron chi connectivity index (χ4n) is 2.65. The number of likely N-dealkylation sites (N-methyl/N-ethyl adjacent to an activating group) is 1. The molecule has 1 heterocycles. The van der Waals surface area contributed by atoms with E-state index < -0.39 is 6.10 Å². The zero-order valence-corrected chi connectivity index (χ0v) is 13.5. The smallest absolute Gasteiger partial charge is 0.119 e. The number of rotatable bonds is 6. The van der Waals surface area contributed by atoms with Crippen LogP contribution in [0.5, 0.6) is 5.75 Å². The molecule has 0 amide bonds. The van der Waals surface area contributed by atoms with E-state index in [1.807, 2.05) is 24.3 Å². The third-order valence-corrected chi connectivity index (χ3v) is 4.21. The zero-order valence-electron chi connectivity index (χ0n) is 13.5. The van der Waals surface area contributed by atoms with Crippen molar-refractivity contribution in [3.63, 3.8) is 0 Å². The maximum atomic E-state index is 10.4. The van der Waals surface area contributed by atoms with Gasteiger partial charge in [0.1, 0.15) is 5.75 Å². The molecule has 4 nitrogen and oxygen atoms in total. The fraction of sp³-hybridized carbons (Fsp3) is 0.647. The van der Waals surface area contributed by atoms with Crippen LogP contribution in [0.25, 0.3) is 0 Å². The highest BCUT2D eigenvalue weighted by atomic mass is 16.5. The normalized spacial score (nSPS) is 22.2. The number of benzene rings is 1. The molecule has 0 saturated carbocycles. The van der Waals surface area contributed by atoms with Gasteiger partial charge in [-0.2, -0.15) is 0 Å². The average Bonchev–Trinajstić information content (AvgIpc) is 2.49. The first-order chi connectivity index (χ1) is 10.1. The monoisotopic (exact) mass is 292 g/mol. The highest BCUT2D eigenvalue weighted by Crippen LogP contribution is 2.20. The Hall–Kier alpha value is -1.10. The van der Waals surface area contributed by atoms with Gasteiger partial charge in [0.15, 0.2) is 0 Å². The van der Waals surface area contributed by atoms with Gasteiger partial charge in [0, 0.05) is 32.2 Å². The summed E-state index contributed by atoms with van der Waals surface area (Å²) in [5.41, 5.74) is 0.963. The van der Waals surface area contributed by atoms with E-state index in [1.54, 1.807) is 0 Å². The number of piperazine rings is 1. The lowest BCUT2D eigenvalue weighted by molar-refractivity contribution is 0.0568. The number of nitrogens with zero attached hydrogens (tertiary/aromatic N) is 2. The van der Waals surface area contributed by atoms with Crippen LogP contribution in [0.3, 0.4) is 0 Å². The molecule has 2 rings (SSSR count). The van der Waals surface area contributed by atoms with Crippen molar-refractivity contribution in [3.05, 3.63) is 29.8 Å². The number of hydrogen-bond acceptors (Lipinski definition) is 4. The van der Waals surface area contributed by atoms with Crippen LogP contribution >= 0.6 is 0 Å². The number of aliphatic hydroxyl groups excluding tert-OH is 1. The van der Waals surface area contributed by atoms with Gasteiger partial charge in [-0.15, -0.1) is 0 Å². The second-order valence-corrected chi connectivity index (χ2v) is 6.02. The van der Waals surface area contributed by atoms with E-state index >= 15 is 0 Å². The predicted octanol–water partition coefficient (Wildman–Crippen LogP) is 2.14. The highest BCUT2D eigenvalue weighted by molar-refractivity contribution is 5.28. The summed E-state index contributed by atoms with van der Waals surface area (Å²) >= 11 is 0. The molecule has 1 N–H and O–H groups in total. The molecule has 0 spiro atoms. The van der Waals surface area contributed by atoms with Crippen LogP contribution in [0.4, 0.5) is 0 Å². The molecular formula is C17H28N2O2. The average molecular weight is 292 g/mol. The molecule has 4 heteroatoms. The summed E-state index contributed by atoms with van der Waals surface area (Å²) in [5.74, 6) is 0.876. The fourth-order valence-corrected chi connectivity index (χ4v) is 2.65. The third-order valence-electron chi connectivity index (χ3n) is 4.21. The second-order valence-electron chi connectivity index (χ2n) is 6.02. The Kier molecular flexibility index (Phi) is 6.03. The van der Waals surface area contributed by atoms with Gasteiger partial charge in [0.2, 0.25) is 0 Å². The number of aliphatic hydroxyl groups is 1. The van der Waals surface area contributed by atoms with Crippen LogP contribution < -0.4 is 4.74 Å². The Bertz CT molecular complexity index is 421. The molecule has 1 aliphatic heterocycles. The summed E-state index contributed by atoms with van der Waals surface area (Å²) in [6.45, 7) is 8.88.